The third kappa shape index (κ3) is 4.08. The summed E-state index contributed by atoms with van der Waals surface area (Å²) in [5.74, 6) is 1.30. The molecule has 27 heavy (non-hydrogen) atoms. The van der Waals surface area contributed by atoms with Crippen LogP contribution in [-0.2, 0) is 0 Å². The van der Waals surface area contributed by atoms with Crippen LogP contribution in [-0.4, -0.2) is 40.5 Å². The topological polar surface area (TPSA) is 55.3 Å². The molecule has 2 aromatic carbocycles. The van der Waals surface area contributed by atoms with Gasteiger partial charge in [0.15, 0.2) is 0 Å². The number of amides is 1. The number of hydrogen-bond donors (Lipinski definition) is 0. The number of hydrogen-bond acceptors (Lipinski definition) is 4. The molecule has 1 aliphatic heterocycles. The van der Waals surface area contributed by atoms with Gasteiger partial charge in [-0.25, -0.2) is 0 Å². The van der Waals surface area contributed by atoms with Crippen molar-refractivity contribution in [3.8, 4) is 5.75 Å². The monoisotopic (exact) mass is 361 g/mol. The Bertz CT molecular complexity index is 940. The first kappa shape index (κ1) is 17.5. The smallest absolute Gasteiger partial charge is 0.253 e. The largest absolute Gasteiger partial charge is 0.493 e. The van der Waals surface area contributed by atoms with Crippen molar-refractivity contribution in [2.45, 2.75) is 19.8 Å². The zero-order valence-electron chi connectivity index (χ0n) is 15.5. The predicted octanol–water partition coefficient (Wildman–Crippen LogP) is 3.87. The number of fused-ring (bicyclic) bond motifs is 1. The van der Waals surface area contributed by atoms with Crippen LogP contribution < -0.4 is 4.74 Å². The Kier molecular flexibility index (Phi) is 5.01. The fraction of sp³-hybridized carbons (Fsp3) is 0.318. The van der Waals surface area contributed by atoms with E-state index < -0.39 is 0 Å². The Morgan fingerprint density at radius 3 is 2.70 bits per heavy atom. The third-order valence-corrected chi connectivity index (χ3v) is 5.03. The van der Waals surface area contributed by atoms with Crippen LogP contribution in [0.4, 0.5) is 0 Å². The van der Waals surface area contributed by atoms with E-state index in [0.717, 1.165) is 42.7 Å². The Hall–Kier alpha value is -2.95. The molecule has 1 atom stereocenters. The van der Waals surface area contributed by atoms with Gasteiger partial charge in [0, 0.05) is 37.0 Å². The van der Waals surface area contributed by atoms with Crippen LogP contribution in [0.15, 0.2) is 54.9 Å². The first-order chi connectivity index (χ1) is 13.2. The lowest BCUT2D eigenvalue weighted by Gasteiger charge is -2.32. The standard InChI is InChI=1S/C22H23N3O2/c1-16-4-7-19(8-5-16)27-15-17-3-2-12-25(14-17)22(26)18-6-9-20-21(13-18)24-11-10-23-20/h4-11,13,17H,2-3,12,14-15H2,1H3/t17-/m1/s1. The molecule has 0 unspecified atom stereocenters. The van der Waals surface area contributed by atoms with Gasteiger partial charge in [0.05, 0.1) is 17.6 Å². The van der Waals surface area contributed by atoms with Crippen molar-refractivity contribution < 1.29 is 9.53 Å². The van der Waals surface area contributed by atoms with Gasteiger partial charge in [-0.05, 0) is 50.1 Å². The molecule has 1 aliphatic rings. The molecule has 0 bridgehead atoms. The number of piperidine rings is 1. The van der Waals surface area contributed by atoms with Crippen molar-refractivity contribution in [2.24, 2.45) is 5.92 Å². The number of rotatable bonds is 4. The summed E-state index contributed by atoms with van der Waals surface area (Å²) < 4.78 is 5.94. The summed E-state index contributed by atoms with van der Waals surface area (Å²) in [5, 5.41) is 0. The highest BCUT2D eigenvalue weighted by Crippen LogP contribution is 2.21. The van der Waals surface area contributed by atoms with Crippen LogP contribution in [0.25, 0.3) is 11.0 Å². The first-order valence-corrected chi connectivity index (χ1v) is 9.38. The molecule has 138 valence electrons. The molecular weight excluding hydrogens is 338 g/mol. The van der Waals surface area contributed by atoms with E-state index in [2.05, 4.69) is 29.0 Å². The molecule has 1 saturated heterocycles. The number of aryl methyl sites for hydroxylation is 1. The fourth-order valence-electron chi connectivity index (χ4n) is 3.51. The summed E-state index contributed by atoms with van der Waals surface area (Å²) in [6.45, 7) is 4.21. The minimum Gasteiger partial charge on any atom is -0.493 e. The van der Waals surface area contributed by atoms with Crippen LogP contribution in [0.3, 0.4) is 0 Å². The third-order valence-electron chi connectivity index (χ3n) is 5.03. The summed E-state index contributed by atoms with van der Waals surface area (Å²) in [5.41, 5.74) is 3.44. The Morgan fingerprint density at radius 2 is 1.89 bits per heavy atom. The second-order valence-electron chi connectivity index (χ2n) is 7.14. The number of aromatic nitrogens is 2. The molecular formula is C22H23N3O2. The lowest BCUT2D eigenvalue weighted by atomic mass is 9.98. The summed E-state index contributed by atoms with van der Waals surface area (Å²) in [4.78, 5) is 23.4. The van der Waals surface area contributed by atoms with Crippen molar-refractivity contribution in [3.05, 3.63) is 66.0 Å². The van der Waals surface area contributed by atoms with Crippen molar-refractivity contribution in [1.82, 2.24) is 14.9 Å². The van der Waals surface area contributed by atoms with E-state index in [1.165, 1.54) is 5.56 Å². The number of nitrogens with zero attached hydrogens (tertiary/aromatic N) is 3. The lowest BCUT2D eigenvalue weighted by Crippen LogP contribution is -2.41. The quantitative estimate of drug-likeness (QED) is 0.708. The van der Waals surface area contributed by atoms with Crippen molar-refractivity contribution in [2.75, 3.05) is 19.7 Å². The molecule has 1 amide bonds. The zero-order valence-corrected chi connectivity index (χ0v) is 15.5. The van der Waals surface area contributed by atoms with Crippen LogP contribution in [0.5, 0.6) is 5.75 Å². The SMILES string of the molecule is Cc1ccc(OC[C@@H]2CCCN(C(=O)c3ccc4nccnc4c3)C2)cc1. The minimum atomic E-state index is 0.0580. The predicted molar refractivity (Wildman–Crippen MR) is 105 cm³/mol. The second-order valence-corrected chi connectivity index (χ2v) is 7.14. The van der Waals surface area contributed by atoms with Crippen molar-refractivity contribution in [3.63, 3.8) is 0 Å². The Morgan fingerprint density at radius 1 is 1.11 bits per heavy atom. The van der Waals surface area contributed by atoms with E-state index in [-0.39, 0.29) is 5.91 Å². The highest BCUT2D eigenvalue weighted by atomic mass is 16.5. The van der Waals surface area contributed by atoms with E-state index in [1.54, 1.807) is 12.4 Å². The van der Waals surface area contributed by atoms with Gasteiger partial charge in [-0.1, -0.05) is 17.7 Å². The van der Waals surface area contributed by atoms with Crippen LogP contribution in [0.1, 0.15) is 28.8 Å². The van der Waals surface area contributed by atoms with Crippen LogP contribution in [0.2, 0.25) is 0 Å². The number of likely N-dealkylation sites (tertiary alicyclic amines) is 1. The average Bonchev–Trinajstić information content (AvgIpc) is 2.72. The summed E-state index contributed by atoms with van der Waals surface area (Å²) in [7, 11) is 0. The molecule has 0 aliphatic carbocycles. The van der Waals surface area contributed by atoms with E-state index in [9.17, 15) is 4.79 Å². The molecule has 1 aromatic heterocycles. The van der Waals surface area contributed by atoms with Crippen LogP contribution >= 0.6 is 0 Å². The molecule has 5 nitrogen and oxygen atoms in total. The van der Waals surface area contributed by atoms with Gasteiger partial charge < -0.3 is 9.64 Å². The first-order valence-electron chi connectivity index (χ1n) is 9.38. The molecule has 3 aromatic rings. The Labute approximate surface area is 159 Å². The summed E-state index contributed by atoms with van der Waals surface area (Å²) in [6, 6.07) is 13.6. The number of benzene rings is 2. The minimum absolute atomic E-state index is 0.0580. The van der Waals surface area contributed by atoms with Gasteiger partial charge in [-0.3, -0.25) is 14.8 Å². The maximum absolute atomic E-state index is 12.9. The van der Waals surface area contributed by atoms with Gasteiger partial charge in [0.2, 0.25) is 0 Å². The molecule has 2 heterocycles. The maximum atomic E-state index is 12.9. The van der Waals surface area contributed by atoms with Gasteiger partial charge in [0.25, 0.3) is 5.91 Å². The fourth-order valence-corrected chi connectivity index (χ4v) is 3.51. The van der Waals surface area contributed by atoms with Crippen LogP contribution in [0, 0.1) is 12.8 Å². The highest BCUT2D eigenvalue weighted by molar-refractivity contribution is 5.97. The number of ether oxygens (including phenoxy) is 1. The maximum Gasteiger partial charge on any atom is 0.253 e. The van der Waals surface area contributed by atoms with Gasteiger partial charge in [0.1, 0.15) is 5.75 Å². The number of carbonyl (C=O) groups excluding carboxylic acids is 1. The molecule has 1 fully saturated rings. The second kappa shape index (κ2) is 7.74. The van der Waals surface area contributed by atoms with Gasteiger partial charge in [-0.15, -0.1) is 0 Å². The van der Waals surface area contributed by atoms with E-state index in [1.807, 2.05) is 35.2 Å². The average molecular weight is 361 g/mol. The molecule has 5 heteroatoms. The lowest BCUT2D eigenvalue weighted by molar-refractivity contribution is 0.0633. The Balaban J connectivity index is 1.40. The number of carbonyl (C=O) groups is 1. The molecule has 0 radical (unpaired) electrons. The van der Waals surface area contributed by atoms with Crippen molar-refractivity contribution in [1.29, 1.82) is 0 Å². The highest BCUT2D eigenvalue weighted by Gasteiger charge is 2.25. The zero-order chi connectivity index (χ0) is 18.6. The molecule has 4 rings (SSSR count). The summed E-state index contributed by atoms with van der Waals surface area (Å²) >= 11 is 0. The molecule has 0 saturated carbocycles. The molecule has 0 spiro atoms. The van der Waals surface area contributed by atoms with E-state index in [4.69, 9.17) is 4.74 Å². The van der Waals surface area contributed by atoms with Gasteiger partial charge >= 0.3 is 0 Å². The van der Waals surface area contributed by atoms with Gasteiger partial charge in [-0.2, -0.15) is 0 Å². The van der Waals surface area contributed by atoms with E-state index >= 15 is 0 Å². The normalized spacial score (nSPS) is 17.1. The molecule has 0 N–H and O–H groups in total. The van der Waals surface area contributed by atoms with Crippen molar-refractivity contribution >= 4 is 16.9 Å². The summed E-state index contributed by atoms with van der Waals surface area (Å²) in [6.07, 6.45) is 5.39. The van der Waals surface area contributed by atoms with E-state index in [0.29, 0.717) is 18.1 Å².